The topological polar surface area (TPSA) is 69.9 Å². The average molecular weight is 290 g/mol. The van der Waals surface area contributed by atoms with Crippen molar-refractivity contribution in [2.75, 3.05) is 0 Å². The first-order chi connectivity index (χ1) is 9.56. The van der Waals surface area contributed by atoms with Crippen LogP contribution in [0.2, 0.25) is 0 Å². The second kappa shape index (κ2) is 4.97. The Labute approximate surface area is 118 Å². The van der Waals surface area contributed by atoms with Crippen LogP contribution in [0.5, 0.6) is 17.2 Å². The molecule has 1 aliphatic rings. The Morgan fingerprint density at radius 3 is 2.65 bits per heavy atom. The lowest BCUT2D eigenvalue weighted by atomic mass is 9.94. The van der Waals surface area contributed by atoms with Crippen LogP contribution < -0.4 is 10.0 Å². The van der Waals surface area contributed by atoms with Gasteiger partial charge >= 0.3 is 0 Å². The van der Waals surface area contributed by atoms with Gasteiger partial charge in [0.25, 0.3) is 0 Å². The number of aromatic hydroxyl groups is 2. The van der Waals surface area contributed by atoms with E-state index in [0.29, 0.717) is 28.6 Å². The number of phenolic OH excluding ortho intramolecular Hbond substituents is 2. The summed E-state index contributed by atoms with van der Waals surface area (Å²) in [4.78, 5) is 0. The van der Waals surface area contributed by atoms with Gasteiger partial charge in [0.1, 0.15) is 23.4 Å². The fourth-order valence-corrected chi connectivity index (χ4v) is 2.61. The first-order valence-electron chi connectivity index (χ1n) is 6.30. The van der Waals surface area contributed by atoms with Gasteiger partial charge in [0.05, 0.1) is 6.10 Å². The molecule has 0 fully saturated rings. The second-order valence-electron chi connectivity index (χ2n) is 4.88. The summed E-state index contributed by atoms with van der Waals surface area (Å²) in [5.41, 5.74) is 1.32. The van der Waals surface area contributed by atoms with Crippen molar-refractivity contribution in [2.24, 2.45) is 0 Å². The summed E-state index contributed by atoms with van der Waals surface area (Å²) in [6.45, 7) is 0. The van der Waals surface area contributed by atoms with E-state index in [1.165, 1.54) is 0 Å². The molecule has 0 aliphatic carbocycles. The minimum atomic E-state index is -0.773. The molecule has 0 aromatic heterocycles. The molecule has 2 aromatic carbocycles. The first kappa shape index (κ1) is 13.2. The Morgan fingerprint density at radius 2 is 1.90 bits per heavy atom. The van der Waals surface area contributed by atoms with Gasteiger partial charge in [-0.2, -0.15) is 0 Å². The van der Waals surface area contributed by atoms with Gasteiger partial charge in [-0.05, 0) is 23.8 Å². The van der Waals surface area contributed by atoms with E-state index in [1.807, 2.05) is 6.07 Å². The van der Waals surface area contributed by atoms with Crippen LogP contribution in [-0.4, -0.2) is 21.4 Å². The van der Waals surface area contributed by atoms with Gasteiger partial charge in [0.2, 0.25) is 0 Å². The third-order valence-corrected chi connectivity index (χ3v) is 4.00. The highest BCUT2D eigenvalue weighted by atomic mass is 31.0. The summed E-state index contributed by atoms with van der Waals surface area (Å²) in [5.74, 6) is 0.836. The fourth-order valence-electron chi connectivity index (χ4n) is 2.43. The van der Waals surface area contributed by atoms with Gasteiger partial charge in [-0.15, -0.1) is 9.24 Å². The van der Waals surface area contributed by atoms with Crippen molar-refractivity contribution in [3.05, 3.63) is 47.5 Å². The van der Waals surface area contributed by atoms with Crippen LogP contribution in [0.25, 0.3) is 0 Å². The molecule has 3 rings (SSSR count). The lowest BCUT2D eigenvalue weighted by molar-refractivity contribution is 0.0199. The van der Waals surface area contributed by atoms with E-state index < -0.39 is 12.2 Å². The molecule has 20 heavy (non-hydrogen) atoms. The second-order valence-corrected chi connectivity index (χ2v) is 5.50. The SMILES string of the molecule is Oc1cc([C@@H]2Oc3cccc(O)c3C[C@@H]2O)ccc1P. The van der Waals surface area contributed by atoms with Gasteiger partial charge < -0.3 is 20.1 Å². The number of rotatable bonds is 1. The van der Waals surface area contributed by atoms with Crippen LogP contribution in [0.15, 0.2) is 36.4 Å². The van der Waals surface area contributed by atoms with Crippen LogP contribution in [0.1, 0.15) is 17.2 Å². The lowest BCUT2D eigenvalue weighted by Gasteiger charge is -2.31. The Hall–Kier alpha value is -1.77. The summed E-state index contributed by atoms with van der Waals surface area (Å²) in [7, 11) is 2.44. The van der Waals surface area contributed by atoms with Gasteiger partial charge in [0, 0.05) is 17.3 Å². The molecule has 104 valence electrons. The van der Waals surface area contributed by atoms with Gasteiger partial charge in [-0.25, -0.2) is 0 Å². The molecule has 4 nitrogen and oxygen atoms in total. The number of fused-ring (bicyclic) bond motifs is 1. The van der Waals surface area contributed by atoms with E-state index in [1.54, 1.807) is 30.3 Å². The first-order valence-corrected chi connectivity index (χ1v) is 6.88. The zero-order valence-corrected chi connectivity index (χ0v) is 11.8. The summed E-state index contributed by atoms with van der Waals surface area (Å²) >= 11 is 0. The molecular weight excluding hydrogens is 275 g/mol. The highest BCUT2D eigenvalue weighted by molar-refractivity contribution is 7.27. The molecular formula is C15H15O4P. The van der Waals surface area contributed by atoms with Gasteiger partial charge in [0.15, 0.2) is 0 Å². The Kier molecular flexibility index (Phi) is 3.28. The molecule has 0 radical (unpaired) electrons. The highest BCUT2D eigenvalue weighted by Gasteiger charge is 2.31. The number of hydrogen-bond donors (Lipinski definition) is 3. The van der Waals surface area contributed by atoms with Crippen molar-refractivity contribution < 1.29 is 20.1 Å². The van der Waals surface area contributed by atoms with Crippen LogP contribution in [0.4, 0.5) is 0 Å². The van der Waals surface area contributed by atoms with Gasteiger partial charge in [-0.1, -0.05) is 18.2 Å². The molecule has 2 aromatic rings. The summed E-state index contributed by atoms with van der Waals surface area (Å²) < 4.78 is 5.78. The number of benzene rings is 2. The predicted molar refractivity (Wildman–Crippen MR) is 78.6 cm³/mol. The maximum Gasteiger partial charge on any atom is 0.150 e. The van der Waals surface area contributed by atoms with Crippen molar-refractivity contribution in [3.63, 3.8) is 0 Å². The molecule has 1 heterocycles. The number of aliphatic hydroxyl groups is 1. The molecule has 3 atom stereocenters. The molecule has 1 aliphatic heterocycles. The van der Waals surface area contributed by atoms with E-state index >= 15 is 0 Å². The van der Waals surface area contributed by atoms with E-state index in [4.69, 9.17) is 4.74 Å². The Bertz CT molecular complexity index is 656. The number of phenols is 2. The van der Waals surface area contributed by atoms with Crippen molar-refractivity contribution in [1.29, 1.82) is 0 Å². The zero-order valence-electron chi connectivity index (χ0n) is 10.7. The molecule has 3 N–H and O–H groups in total. The van der Waals surface area contributed by atoms with Crippen molar-refractivity contribution in [3.8, 4) is 17.2 Å². The smallest absolute Gasteiger partial charge is 0.150 e. The predicted octanol–water partition coefficient (Wildman–Crippen LogP) is 1.64. The van der Waals surface area contributed by atoms with Crippen LogP contribution in [-0.2, 0) is 6.42 Å². The standard InChI is InChI=1S/C15H15O4P/c16-10-2-1-3-13-9(10)7-12(18)15(19-13)8-4-5-14(20)11(17)6-8/h1-6,12,15-18H,7,20H2/t12-,15-/m0/s1. The quantitative estimate of drug-likeness (QED) is 0.698. The fraction of sp³-hybridized carbons (Fsp3) is 0.200. The molecule has 0 spiro atoms. The number of ether oxygens (including phenoxy) is 1. The maximum atomic E-state index is 10.2. The van der Waals surface area contributed by atoms with E-state index in [2.05, 4.69) is 9.24 Å². The van der Waals surface area contributed by atoms with Crippen LogP contribution in [0, 0.1) is 0 Å². The molecule has 0 bridgehead atoms. The Balaban J connectivity index is 1.98. The van der Waals surface area contributed by atoms with Crippen LogP contribution >= 0.6 is 9.24 Å². The molecule has 0 saturated heterocycles. The average Bonchev–Trinajstić information content (AvgIpc) is 2.42. The van der Waals surface area contributed by atoms with E-state index in [-0.39, 0.29) is 11.5 Å². The van der Waals surface area contributed by atoms with Gasteiger partial charge in [-0.3, -0.25) is 0 Å². The summed E-state index contributed by atoms with van der Waals surface area (Å²) in [6.07, 6.45) is -1.01. The normalized spacial score (nSPS) is 21.1. The molecule has 0 amide bonds. The molecule has 0 saturated carbocycles. The third kappa shape index (κ3) is 2.21. The minimum Gasteiger partial charge on any atom is -0.508 e. The monoisotopic (exact) mass is 290 g/mol. The van der Waals surface area contributed by atoms with E-state index in [9.17, 15) is 15.3 Å². The highest BCUT2D eigenvalue weighted by Crippen LogP contribution is 2.39. The largest absolute Gasteiger partial charge is 0.508 e. The number of aliphatic hydroxyl groups excluding tert-OH is 1. The number of hydrogen-bond acceptors (Lipinski definition) is 4. The maximum absolute atomic E-state index is 10.2. The van der Waals surface area contributed by atoms with E-state index in [0.717, 1.165) is 0 Å². The summed E-state index contributed by atoms with van der Waals surface area (Å²) in [5, 5.41) is 30.5. The van der Waals surface area contributed by atoms with Crippen LogP contribution in [0.3, 0.4) is 0 Å². The van der Waals surface area contributed by atoms with Crippen molar-refractivity contribution in [1.82, 2.24) is 0 Å². The Morgan fingerprint density at radius 1 is 1.10 bits per heavy atom. The third-order valence-electron chi connectivity index (χ3n) is 3.51. The summed E-state index contributed by atoms with van der Waals surface area (Å²) in [6, 6.07) is 10.2. The minimum absolute atomic E-state index is 0.128. The lowest BCUT2D eigenvalue weighted by Crippen LogP contribution is -2.30. The molecule has 1 unspecified atom stereocenters. The zero-order chi connectivity index (χ0) is 14.3. The van der Waals surface area contributed by atoms with Crippen molar-refractivity contribution >= 4 is 14.5 Å². The molecule has 5 heteroatoms. The van der Waals surface area contributed by atoms with Crippen molar-refractivity contribution in [2.45, 2.75) is 18.6 Å².